The second-order valence-corrected chi connectivity index (χ2v) is 26.9. The summed E-state index contributed by atoms with van der Waals surface area (Å²) in [5.41, 5.74) is 1.12. The fourth-order valence-corrected chi connectivity index (χ4v) is 14.8. The summed E-state index contributed by atoms with van der Waals surface area (Å²) < 4.78 is 255. The van der Waals surface area contributed by atoms with E-state index in [1.54, 1.807) is 45.9 Å². The fraction of sp³-hybridized carbons (Fsp3) is 0.309. The van der Waals surface area contributed by atoms with Gasteiger partial charge in [-0.25, -0.2) is 17.6 Å². The fourth-order valence-electron chi connectivity index (χ4n) is 12.8. The van der Waals surface area contributed by atoms with Crippen molar-refractivity contribution in [2.24, 2.45) is 0 Å². The van der Waals surface area contributed by atoms with E-state index in [1.807, 2.05) is 12.1 Å². The Morgan fingerprint density at radius 1 is 0.562 bits per heavy atom. The van der Waals surface area contributed by atoms with Crippen LogP contribution in [0.5, 0.6) is 0 Å². The minimum atomic E-state index is -4.56. The Labute approximate surface area is 628 Å². The number of halogens is 10. The number of methoxy groups -OCH3 is 2. The molecule has 2 saturated heterocycles. The van der Waals surface area contributed by atoms with Crippen molar-refractivity contribution in [3.63, 3.8) is 0 Å². The molecule has 0 spiro atoms. The molecule has 0 N–H and O–H groups in total. The number of carbonyl (C=O) groups is 2. The van der Waals surface area contributed by atoms with Crippen molar-refractivity contribution >= 4 is 57.1 Å². The van der Waals surface area contributed by atoms with Crippen molar-refractivity contribution < 1.29 is 80.8 Å². The van der Waals surface area contributed by atoms with E-state index in [4.69, 9.17) is 18.4 Å². The minimum absolute atomic E-state index is 0.00844. The predicted octanol–water partition coefficient (Wildman–Crippen LogP) is 17.4. The Morgan fingerprint density at radius 3 is 1.52 bits per heavy atom. The third-order valence-corrected chi connectivity index (χ3v) is 20.5. The molecule has 2 aliphatic rings. The minimum Gasteiger partial charge on any atom is -0.383 e. The lowest BCUT2D eigenvalue weighted by Gasteiger charge is -2.42. The number of hydrogen-bond acceptors (Lipinski definition) is 10. The second kappa shape index (κ2) is 34.9. The summed E-state index contributed by atoms with van der Waals surface area (Å²) in [6.45, 7) is -7.14. The van der Waals surface area contributed by atoms with Gasteiger partial charge in [0.1, 0.15) is 13.0 Å². The molecule has 24 heteroatoms. The van der Waals surface area contributed by atoms with E-state index in [2.05, 4.69) is 9.64 Å². The number of fused-ring (bicyclic) bond motifs is 2. The van der Waals surface area contributed by atoms with E-state index in [-0.39, 0.29) is 107 Å². The van der Waals surface area contributed by atoms with Gasteiger partial charge < -0.3 is 38.2 Å². The van der Waals surface area contributed by atoms with Gasteiger partial charge in [0.2, 0.25) is 11.8 Å². The maximum atomic E-state index is 15.2. The Balaban J connectivity index is 0.000000233. The van der Waals surface area contributed by atoms with Gasteiger partial charge in [-0.3, -0.25) is 19.2 Å². The van der Waals surface area contributed by atoms with Crippen molar-refractivity contribution in [3.05, 3.63) is 271 Å². The van der Waals surface area contributed by atoms with Gasteiger partial charge in [-0.05, 0) is 127 Å². The van der Waals surface area contributed by atoms with Gasteiger partial charge in [0, 0.05) is 120 Å². The third-order valence-electron chi connectivity index (χ3n) is 18.4. The monoisotopic (exact) mass is 1500 g/mol. The zero-order valence-electron chi connectivity index (χ0n) is 69.3. The largest absolute Gasteiger partial charge is 0.416 e. The summed E-state index contributed by atoms with van der Waals surface area (Å²) >= 11 is 1.88. The first-order chi connectivity index (χ1) is 55.3. The van der Waals surface area contributed by atoms with Crippen LogP contribution in [0.4, 0.5) is 43.9 Å². The molecular formula is C81H78F10N6O6S2. The lowest BCUT2D eigenvalue weighted by Crippen LogP contribution is -2.49. The number of aromatic nitrogens is 2. The number of likely N-dealkylation sites (tertiary alicyclic amines) is 2. The van der Waals surface area contributed by atoms with Crippen LogP contribution in [-0.2, 0) is 62.5 Å². The molecule has 0 bridgehead atoms. The first-order valence-corrected chi connectivity index (χ1v) is 35.2. The molecule has 0 aliphatic carbocycles. The van der Waals surface area contributed by atoms with Gasteiger partial charge in [0.15, 0.2) is 34.1 Å². The summed E-state index contributed by atoms with van der Waals surface area (Å²) in [6.07, 6.45) is -8.20. The smallest absolute Gasteiger partial charge is 0.383 e. The van der Waals surface area contributed by atoms with Gasteiger partial charge in [0.05, 0.1) is 66.5 Å². The molecule has 0 radical (unpaired) electrons. The quantitative estimate of drug-likeness (QED) is 0.0428. The molecule has 0 saturated carbocycles. The molecule has 10 aromatic rings. The lowest BCUT2D eigenvalue weighted by atomic mass is 9.96. The Hall–Kier alpha value is -9.04. The van der Waals surface area contributed by atoms with E-state index < -0.39 is 104 Å². The molecule has 12 nitrogen and oxygen atoms in total. The zero-order chi connectivity index (χ0) is 85.8. The number of thioether (sulfide) groups is 2. The van der Waals surface area contributed by atoms with Gasteiger partial charge in [-0.1, -0.05) is 121 Å². The number of amides is 2. The van der Waals surface area contributed by atoms with E-state index in [9.17, 15) is 62.4 Å². The first-order valence-electron chi connectivity index (χ1n) is 39.7. The maximum absolute atomic E-state index is 15.2. The van der Waals surface area contributed by atoms with Crippen LogP contribution < -0.4 is 10.9 Å². The number of hydrogen-bond donors (Lipinski definition) is 0. The van der Waals surface area contributed by atoms with E-state index in [1.165, 1.54) is 110 Å². The number of alkyl halides is 6. The first kappa shape index (κ1) is 61.1. The zero-order valence-corrected chi connectivity index (χ0v) is 57.9. The molecule has 2 amide bonds. The lowest BCUT2D eigenvalue weighted by molar-refractivity contribution is -0.138. The summed E-state index contributed by atoms with van der Waals surface area (Å²) in [4.78, 5) is 62.2. The number of pyridine rings is 2. The second-order valence-electron chi connectivity index (χ2n) is 24.9. The van der Waals surface area contributed by atoms with Crippen molar-refractivity contribution in [1.29, 1.82) is 0 Å². The molecule has 8 aromatic carbocycles. The Kier molecular flexibility index (Phi) is 20.3. The summed E-state index contributed by atoms with van der Waals surface area (Å²) in [6, 6.07) is 41.6. The normalized spacial score (nSPS) is 17.3. The van der Waals surface area contributed by atoms with Crippen molar-refractivity contribution in [3.8, 4) is 22.3 Å². The molecule has 550 valence electrons. The molecule has 12 rings (SSSR count). The number of rotatable bonds is 24. The molecule has 2 fully saturated rings. The van der Waals surface area contributed by atoms with Crippen molar-refractivity contribution in [2.75, 3.05) is 66.5 Å². The van der Waals surface area contributed by atoms with E-state index >= 15 is 4.79 Å². The molecule has 105 heavy (non-hydrogen) atoms. The van der Waals surface area contributed by atoms with E-state index in [0.29, 0.717) is 70.7 Å². The van der Waals surface area contributed by atoms with Crippen LogP contribution in [-0.4, -0.2) is 119 Å². The Morgan fingerprint density at radius 2 is 1.02 bits per heavy atom. The standard InChI is InChI=1S/C41H40F5N3O3S.C40H38F5N3O3S/c1-27(28-10-12-29(13-11-28)30-14-16-32(17-15-30)41(44,45)46)49(33-18-20-47(21-19-33)22-23-52-2)38(51)25-48-36-9-4-3-7-34(36)37(50)24-39(48)53-26-31-6-5-8-35(42)40(31)43;1-51-22-21-46-19-17-32(18-20-46)47(24-27-9-11-28(12-10-27)29-13-15-31(16-14-29)40(43,44)45)37(50)25-48-35-8-3-2-6-33(35)36(49)23-38(48)52-26-30-5-4-7-34(41)39(30)42/h3-17,24,27,33H,18-23,25-26H2,1-2H3;2-16,23,32H,17-22,24-26H2,1H3/i2D3,22D2,23D2,25D2,27D;1D3. The van der Waals surface area contributed by atoms with Gasteiger partial charge in [-0.2, -0.15) is 26.3 Å². The van der Waals surface area contributed by atoms with Crippen LogP contribution in [0.15, 0.2) is 214 Å². The Bertz CT molecular complexity index is 5370. The average molecular weight is 1500 g/mol. The molecule has 4 heterocycles. The molecule has 2 aliphatic heterocycles. The van der Waals surface area contributed by atoms with Crippen LogP contribution in [0, 0.1) is 23.3 Å². The van der Waals surface area contributed by atoms with E-state index in [0.717, 1.165) is 85.9 Å². The number of carbonyl (C=O) groups excluding carboxylic acids is 2. The number of nitrogens with zero attached hydrogens (tertiary/aromatic N) is 6. The summed E-state index contributed by atoms with van der Waals surface area (Å²) in [7, 11) is -5.79. The molecule has 2 aromatic heterocycles. The number of para-hydroxylation sites is 2. The van der Waals surface area contributed by atoms with Gasteiger partial charge >= 0.3 is 12.4 Å². The summed E-state index contributed by atoms with van der Waals surface area (Å²) in [5, 5.41) is 0.673. The SMILES string of the molecule is [2H]C([2H])([2H])OC([2H])([2H])C([2H])([2H])N1CCC(N(C(=O)C([2H])([2H])n2c(SCc3cccc(F)c3F)cc(=O)c3ccccc32)C([2H])(C)c2ccc(-c3ccc(C(F)(F)F)cc3)cc2)CC1.[2H]C([2H])([2H])OCCN1CCC(N(Cc2ccc(-c3ccc(C(F)(F)F)cc3)cc2)C(=O)Cn2c(SCc3cccc(F)c3F)cc(=O)c3ccccc32)CC1. The highest BCUT2D eigenvalue weighted by Crippen LogP contribution is 2.37. The molecular weight excluding hydrogens is 1410 g/mol. The molecule has 1 unspecified atom stereocenters. The number of ether oxygens (including phenoxy) is 2. The third kappa shape index (κ3) is 19.2. The van der Waals surface area contributed by atoms with Crippen LogP contribution >= 0.6 is 23.5 Å². The maximum Gasteiger partial charge on any atom is 0.416 e. The van der Waals surface area contributed by atoms with Gasteiger partial charge in [-0.15, -0.1) is 23.5 Å². The topological polar surface area (TPSA) is 110 Å². The predicted molar refractivity (Wildman–Crippen MR) is 391 cm³/mol. The summed E-state index contributed by atoms with van der Waals surface area (Å²) in [5.74, 6) is -6.09. The highest BCUT2D eigenvalue weighted by molar-refractivity contribution is 7.98. The average Bonchev–Trinajstić information content (AvgIpc) is 0.733. The van der Waals surface area contributed by atoms with Crippen molar-refractivity contribution in [2.45, 2.75) is 104 Å². The number of benzene rings is 8. The highest BCUT2D eigenvalue weighted by Gasteiger charge is 2.35. The van der Waals surface area contributed by atoms with Gasteiger partial charge in [0.25, 0.3) is 0 Å². The van der Waals surface area contributed by atoms with Crippen LogP contribution in [0.25, 0.3) is 44.1 Å². The molecule has 1 atom stereocenters. The highest BCUT2D eigenvalue weighted by atomic mass is 32.2. The van der Waals surface area contributed by atoms with Crippen molar-refractivity contribution in [1.82, 2.24) is 28.7 Å². The van der Waals surface area contributed by atoms with Crippen LogP contribution in [0.3, 0.4) is 0 Å². The van der Waals surface area contributed by atoms with Crippen LogP contribution in [0.2, 0.25) is 0 Å². The number of piperidine rings is 2. The van der Waals surface area contributed by atoms with Crippen LogP contribution in [0.1, 0.15) is 89.8 Å².